The number of pyridine rings is 1. The van der Waals surface area contributed by atoms with E-state index in [2.05, 4.69) is 17.1 Å². The van der Waals surface area contributed by atoms with E-state index in [0.717, 1.165) is 30.0 Å². The smallest absolute Gasteiger partial charge is 0.141 e. The molecule has 3 heteroatoms. The molecule has 17 heavy (non-hydrogen) atoms. The largest absolute Gasteiger partial charge is 0.484 e. The summed E-state index contributed by atoms with van der Waals surface area (Å²) in [6, 6.07) is 4.00. The third-order valence-corrected chi connectivity index (χ3v) is 2.94. The summed E-state index contributed by atoms with van der Waals surface area (Å²) in [5, 5.41) is 0. The first-order valence-electron chi connectivity index (χ1n) is 6.29. The molecule has 0 fully saturated rings. The van der Waals surface area contributed by atoms with E-state index in [1.165, 1.54) is 12.8 Å². The molecule has 1 unspecified atom stereocenters. The van der Waals surface area contributed by atoms with Crippen LogP contribution in [0.5, 0.6) is 5.75 Å². The highest BCUT2D eigenvalue weighted by atomic mass is 16.5. The third-order valence-electron chi connectivity index (χ3n) is 2.94. The maximum absolute atomic E-state index is 5.99. The van der Waals surface area contributed by atoms with Crippen molar-refractivity contribution in [3.63, 3.8) is 0 Å². The van der Waals surface area contributed by atoms with Crippen LogP contribution in [0.25, 0.3) is 0 Å². The summed E-state index contributed by atoms with van der Waals surface area (Å²) in [5.41, 5.74) is 7.60. The number of rotatable bonds is 4. The van der Waals surface area contributed by atoms with Gasteiger partial charge in [0, 0.05) is 12.1 Å². The molecule has 0 saturated carbocycles. The number of hydrogen-bond acceptors (Lipinski definition) is 3. The van der Waals surface area contributed by atoms with E-state index in [0.29, 0.717) is 6.54 Å². The fourth-order valence-electron chi connectivity index (χ4n) is 2.06. The van der Waals surface area contributed by atoms with Crippen LogP contribution >= 0.6 is 0 Å². The average Bonchev–Trinajstić information content (AvgIpc) is 2.34. The standard InChI is InChI=1S/C14H20N2O/c1-11-7-8-14(13(16-11)9-10-15)17-12-5-3-2-4-6-12/h3,5,7-8,12H,2,4,6,9-10,15H2,1H3. The van der Waals surface area contributed by atoms with Gasteiger partial charge < -0.3 is 10.5 Å². The Morgan fingerprint density at radius 3 is 3.06 bits per heavy atom. The number of allylic oxidation sites excluding steroid dienone is 1. The van der Waals surface area contributed by atoms with Crippen molar-refractivity contribution in [1.82, 2.24) is 4.98 Å². The highest BCUT2D eigenvalue weighted by molar-refractivity contribution is 5.30. The second-order valence-corrected chi connectivity index (χ2v) is 4.45. The Morgan fingerprint density at radius 2 is 2.35 bits per heavy atom. The maximum atomic E-state index is 5.99. The summed E-state index contributed by atoms with van der Waals surface area (Å²) in [7, 11) is 0. The van der Waals surface area contributed by atoms with Gasteiger partial charge in [0.15, 0.2) is 0 Å². The molecular weight excluding hydrogens is 212 g/mol. The molecule has 1 aliphatic carbocycles. The quantitative estimate of drug-likeness (QED) is 0.811. The maximum Gasteiger partial charge on any atom is 0.141 e. The first-order valence-corrected chi connectivity index (χ1v) is 6.29. The van der Waals surface area contributed by atoms with E-state index in [-0.39, 0.29) is 6.10 Å². The van der Waals surface area contributed by atoms with Crippen LogP contribution in [-0.2, 0) is 6.42 Å². The molecule has 0 aromatic carbocycles. The van der Waals surface area contributed by atoms with Crippen LogP contribution in [0.2, 0.25) is 0 Å². The van der Waals surface area contributed by atoms with Gasteiger partial charge in [-0.05, 0) is 50.9 Å². The van der Waals surface area contributed by atoms with Crippen LogP contribution < -0.4 is 10.5 Å². The lowest BCUT2D eigenvalue weighted by atomic mass is 10.1. The van der Waals surface area contributed by atoms with E-state index in [9.17, 15) is 0 Å². The lowest BCUT2D eigenvalue weighted by Crippen LogP contribution is -2.17. The second kappa shape index (κ2) is 5.82. The number of nitrogens with zero attached hydrogens (tertiary/aromatic N) is 1. The summed E-state index contributed by atoms with van der Waals surface area (Å²) in [5.74, 6) is 0.887. The normalized spacial score (nSPS) is 19.3. The van der Waals surface area contributed by atoms with Gasteiger partial charge in [-0.25, -0.2) is 0 Å². The van der Waals surface area contributed by atoms with Gasteiger partial charge in [-0.15, -0.1) is 0 Å². The van der Waals surface area contributed by atoms with Gasteiger partial charge in [0.1, 0.15) is 11.9 Å². The molecule has 1 heterocycles. The lowest BCUT2D eigenvalue weighted by Gasteiger charge is -2.20. The Hall–Kier alpha value is -1.35. The highest BCUT2D eigenvalue weighted by Gasteiger charge is 2.13. The van der Waals surface area contributed by atoms with Crippen molar-refractivity contribution >= 4 is 0 Å². The second-order valence-electron chi connectivity index (χ2n) is 4.45. The van der Waals surface area contributed by atoms with Crippen molar-refractivity contribution in [2.45, 2.75) is 38.7 Å². The van der Waals surface area contributed by atoms with Crippen LogP contribution in [0.1, 0.15) is 30.7 Å². The van der Waals surface area contributed by atoms with Gasteiger partial charge in [0.2, 0.25) is 0 Å². The SMILES string of the molecule is Cc1ccc(OC2C=CCCC2)c(CCN)n1. The first-order chi connectivity index (χ1) is 8.29. The minimum Gasteiger partial charge on any atom is -0.484 e. The minimum absolute atomic E-state index is 0.199. The van der Waals surface area contributed by atoms with E-state index in [1.54, 1.807) is 0 Å². The van der Waals surface area contributed by atoms with Gasteiger partial charge in [-0.2, -0.15) is 0 Å². The Labute approximate surface area is 103 Å². The number of nitrogens with two attached hydrogens (primary N) is 1. The molecule has 0 amide bonds. The van der Waals surface area contributed by atoms with Crippen LogP contribution in [0.4, 0.5) is 0 Å². The fourth-order valence-corrected chi connectivity index (χ4v) is 2.06. The summed E-state index contributed by atoms with van der Waals surface area (Å²) < 4.78 is 5.99. The first kappa shape index (κ1) is 12.1. The van der Waals surface area contributed by atoms with Crippen LogP contribution in [0.15, 0.2) is 24.3 Å². The minimum atomic E-state index is 0.199. The van der Waals surface area contributed by atoms with E-state index in [4.69, 9.17) is 10.5 Å². The molecule has 1 aromatic rings. The monoisotopic (exact) mass is 232 g/mol. The molecule has 1 aromatic heterocycles. The van der Waals surface area contributed by atoms with E-state index < -0.39 is 0 Å². The molecule has 0 radical (unpaired) electrons. The predicted molar refractivity (Wildman–Crippen MR) is 69.1 cm³/mol. The van der Waals surface area contributed by atoms with Crippen molar-refractivity contribution in [3.05, 3.63) is 35.7 Å². The van der Waals surface area contributed by atoms with Gasteiger partial charge in [-0.1, -0.05) is 6.08 Å². The average molecular weight is 232 g/mol. The summed E-state index contributed by atoms with van der Waals surface area (Å²) in [6.45, 7) is 2.59. The van der Waals surface area contributed by atoms with Crippen LogP contribution in [-0.4, -0.2) is 17.6 Å². The number of hydrogen-bond donors (Lipinski definition) is 1. The molecule has 1 aliphatic rings. The highest BCUT2D eigenvalue weighted by Crippen LogP contribution is 2.22. The van der Waals surface area contributed by atoms with Gasteiger partial charge >= 0.3 is 0 Å². The molecule has 1 atom stereocenters. The molecule has 0 aliphatic heterocycles. The Balaban J connectivity index is 2.13. The molecule has 3 nitrogen and oxygen atoms in total. The Morgan fingerprint density at radius 1 is 1.47 bits per heavy atom. The van der Waals surface area contributed by atoms with Crippen LogP contribution in [0, 0.1) is 6.92 Å². The molecular formula is C14H20N2O. The summed E-state index contributed by atoms with van der Waals surface area (Å²) in [4.78, 5) is 4.50. The molecule has 2 rings (SSSR count). The van der Waals surface area contributed by atoms with Crippen molar-refractivity contribution in [3.8, 4) is 5.75 Å². The molecule has 2 N–H and O–H groups in total. The number of aryl methyl sites for hydroxylation is 1. The van der Waals surface area contributed by atoms with Crippen molar-refractivity contribution in [2.75, 3.05) is 6.54 Å². The topological polar surface area (TPSA) is 48.1 Å². The van der Waals surface area contributed by atoms with E-state index in [1.807, 2.05) is 19.1 Å². The Bertz CT molecular complexity index is 401. The Kier molecular flexibility index (Phi) is 4.15. The zero-order valence-corrected chi connectivity index (χ0v) is 10.4. The fraction of sp³-hybridized carbons (Fsp3) is 0.500. The number of ether oxygens (including phenoxy) is 1. The zero-order valence-electron chi connectivity index (χ0n) is 10.4. The summed E-state index contributed by atoms with van der Waals surface area (Å²) in [6.07, 6.45) is 8.77. The summed E-state index contributed by atoms with van der Waals surface area (Å²) >= 11 is 0. The zero-order chi connectivity index (χ0) is 12.1. The molecule has 0 saturated heterocycles. The molecule has 0 bridgehead atoms. The molecule has 0 spiro atoms. The lowest BCUT2D eigenvalue weighted by molar-refractivity contribution is 0.226. The van der Waals surface area contributed by atoms with Gasteiger partial charge in [0.25, 0.3) is 0 Å². The van der Waals surface area contributed by atoms with Gasteiger partial charge in [0.05, 0.1) is 5.69 Å². The van der Waals surface area contributed by atoms with Crippen LogP contribution in [0.3, 0.4) is 0 Å². The van der Waals surface area contributed by atoms with Crippen molar-refractivity contribution in [1.29, 1.82) is 0 Å². The number of aromatic nitrogens is 1. The molecule has 92 valence electrons. The van der Waals surface area contributed by atoms with Crippen molar-refractivity contribution in [2.24, 2.45) is 5.73 Å². The van der Waals surface area contributed by atoms with E-state index >= 15 is 0 Å². The third kappa shape index (κ3) is 3.30. The predicted octanol–water partition coefficient (Wildman–Crippen LogP) is 2.38. The van der Waals surface area contributed by atoms with Crippen molar-refractivity contribution < 1.29 is 4.74 Å². The van der Waals surface area contributed by atoms with Gasteiger partial charge in [-0.3, -0.25) is 4.98 Å².